The third kappa shape index (κ3) is 3.44. The number of hydrogen-bond acceptors (Lipinski definition) is 2. The van der Waals surface area contributed by atoms with E-state index in [9.17, 15) is 4.39 Å². The largest absolute Gasteiger partial charge is 0.315 e. The predicted octanol–water partition coefficient (Wildman–Crippen LogP) is 2.83. The third-order valence-electron chi connectivity index (χ3n) is 3.39. The molecule has 2 nitrogen and oxygen atoms in total. The Balaban J connectivity index is 2.10. The maximum absolute atomic E-state index is 13.6. The van der Waals surface area contributed by atoms with Crippen LogP contribution in [0.4, 0.5) is 4.39 Å². The average Bonchev–Trinajstić information content (AvgIpc) is 2.50. The minimum Gasteiger partial charge on any atom is -0.315 e. The van der Waals surface area contributed by atoms with Gasteiger partial charge >= 0.3 is 0 Å². The molecule has 1 saturated heterocycles. The molecule has 1 aromatic rings. The highest BCUT2D eigenvalue weighted by molar-refractivity contribution is 6.31. The van der Waals surface area contributed by atoms with Gasteiger partial charge in [0.15, 0.2) is 0 Å². The van der Waals surface area contributed by atoms with Gasteiger partial charge in [-0.3, -0.25) is 4.90 Å². The van der Waals surface area contributed by atoms with Crippen molar-refractivity contribution in [3.63, 3.8) is 0 Å². The standard InChI is InChI=1S/C14H20ClFN2/c1-10-7-17-3-4-18(8-10)9-12-6-14(16)11(2)5-13(12)15/h5-6,10,17H,3-4,7-9H2,1-2H3. The van der Waals surface area contributed by atoms with Crippen LogP contribution in [0.1, 0.15) is 18.1 Å². The molecule has 100 valence electrons. The minimum atomic E-state index is -0.171. The van der Waals surface area contributed by atoms with Crippen LogP contribution in [0, 0.1) is 18.7 Å². The first-order valence-electron chi connectivity index (χ1n) is 6.44. The molecule has 2 rings (SSSR count). The lowest BCUT2D eigenvalue weighted by Gasteiger charge is -2.22. The number of hydrogen-bond donors (Lipinski definition) is 1. The summed E-state index contributed by atoms with van der Waals surface area (Å²) < 4.78 is 13.6. The summed E-state index contributed by atoms with van der Waals surface area (Å²) in [4.78, 5) is 2.33. The summed E-state index contributed by atoms with van der Waals surface area (Å²) in [5.74, 6) is 0.442. The first-order chi connectivity index (χ1) is 8.56. The normalized spacial score (nSPS) is 21.9. The van der Waals surface area contributed by atoms with Crippen molar-refractivity contribution in [3.8, 4) is 0 Å². The summed E-state index contributed by atoms with van der Waals surface area (Å²) in [6.45, 7) is 8.73. The van der Waals surface area contributed by atoms with Crippen molar-refractivity contribution < 1.29 is 4.39 Å². The summed E-state index contributed by atoms with van der Waals surface area (Å²) in [6, 6.07) is 3.28. The first kappa shape index (κ1) is 13.8. The van der Waals surface area contributed by atoms with Crippen LogP contribution in [-0.2, 0) is 6.54 Å². The van der Waals surface area contributed by atoms with Gasteiger partial charge in [0.25, 0.3) is 0 Å². The summed E-state index contributed by atoms with van der Waals surface area (Å²) in [5, 5.41) is 4.06. The Kier molecular flexibility index (Phi) is 4.60. The van der Waals surface area contributed by atoms with E-state index in [-0.39, 0.29) is 5.82 Å². The molecule has 0 saturated carbocycles. The number of aryl methyl sites for hydroxylation is 1. The monoisotopic (exact) mass is 270 g/mol. The zero-order valence-electron chi connectivity index (χ0n) is 11.0. The van der Waals surface area contributed by atoms with Gasteiger partial charge in [0.1, 0.15) is 5.82 Å². The summed E-state index contributed by atoms with van der Waals surface area (Å²) in [5.41, 5.74) is 1.49. The smallest absolute Gasteiger partial charge is 0.126 e. The molecule has 1 heterocycles. The summed E-state index contributed by atoms with van der Waals surface area (Å²) in [6.07, 6.45) is 0. The van der Waals surface area contributed by atoms with Crippen LogP contribution < -0.4 is 5.32 Å². The molecule has 0 aliphatic carbocycles. The van der Waals surface area contributed by atoms with Gasteiger partial charge in [0.2, 0.25) is 0 Å². The second kappa shape index (κ2) is 6.00. The molecule has 1 aromatic carbocycles. The SMILES string of the molecule is Cc1cc(Cl)c(CN2CCNCC(C)C2)cc1F. The molecule has 0 bridgehead atoms. The Morgan fingerprint density at radius 2 is 2.28 bits per heavy atom. The van der Waals surface area contributed by atoms with Crippen molar-refractivity contribution in [2.24, 2.45) is 5.92 Å². The maximum atomic E-state index is 13.6. The van der Waals surface area contributed by atoms with Crippen molar-refractivity contribution in [1.29, 1.82) is 0 Å². The van der Waals surface area contributed by atoms with Gasteiger partial charge in [-0.15, -0.1) is 0 Å². The fourth-order valence-electron chi connectivity index (χ4n) is 2.38. The predicted molar refractivity (Wildman–Crippen MR) is 73.5 cm³/mol. The van der Waals surface area contributed by atoms with E-state index in [1.165, 1.54) is 0 Å². The average molecular weight is 271 g/mol. The van der Waals surface area contributed by atoms with Crippen molar-refractivity contribution >= 4 is 11.6 Å². The lowest BCUT2D eigenvalue weighted by molar-refractivity contribution is 0.256. The highest BCUT2D eigenvalue weighted by Crippen LogP contribution is 2.22. The molecule has 1 aliphatic heterocycles. The Hall–Kier alpha value is -0.640. The second-order valence-corrected chi connectivity index (χ2v) is 5.64. The zero-order valence-corrected chi connectivity index (χ0v) is 11.7. The quantitative estimate of drug-likeness (QED) is 0.889. The molecule has 1 N–H and O–H groups in total. The van der Waals surface area contributed by atoms with E-state index >= 15 is 0 Å². The van der Waals surface area contributed by atoms with E-state index in [2.05, 4.69) is 17.1 Å². The molecule has 1 unspecified atom stereocenters. The Morgan fingerprint density at radius 1 is 1.50 bits per heavy atom. The first-order valence-corrected chi connectivity index (χ1v) is 6.81. The number of nitrogens with one attached hydrogen (secondary N) is 1. The van der Waals surface area contributed by atoms with Crippen molar-refractivity contribution in [1.82, 2.24) is 10.2 Å². The lowest BCUT2D eigenvalue weighted by Crippen LogP contribution is -2.29. The van der Waals surface area contributed by atoms with Gasteiger partial charge in [-0.1, -0.05) is 18.5 Å². The fraction of sp³-hybridized carbons (Fsp3) is 0.571. The van der Waals surface area contributed by atoms with E-state index in [0.717, 1.165) is 38.3 Å². The van der Waals surface area contributed by atoms with Gasteiger partial charge in [0, 0.05) is 31.2 Å². The highest BCUT2D eigenvalue weighted by atomic mass is 35.5. The molecular weight excluding hydrogens is 251 g/mol. The van der Waals surface area contributed by atoms with Crippen LogP contribution in [0.5, 0.6) is 0 Å². The Bertz CT molecular complexity index is 423. The number of halogens is 2. The molecule has 0 radical (unpaired) electrons. The van der Waals surface area contributed by atoms with Crippen LogP contribution in [0.25, 0.3) is 0 Å². The van der Waals surface area contributed by atoms with E-state index in [1.54, 1.807) is 19.1 Å². The van der Waals surface area contributed by atoms with Gasteiger partial charge in [-0.25, -0.2) is 4.39 Å². The maximum Gasteiger partial charge on any atom is 0.126 e. The van der Waals surface area contributed by atoms with Crippen molar-refractivity contribution in [2.75, 3.05) is 26.2 Å². The molecule has 0 aromatic heterocycles. The van der Waals surface area contributed by atoms with Gasteiger partial charge < -0.3 is 5.32 Å². The van der Waals surface area contributed by atoms with E-state index in [0.29, 0.717) is 16.5 Å². The molecule has 0 amide bonds. The van der Waals surface area contributed by atoms with E-state index in [4.69, 9.17) is 11.6 Å². The van der Waals surface area contributed by atoms with Gasteiger partial charge in [-0.05, 0) is 42.6 Å². The van der Waals surface area contributed by atoms with Crippen LogP contribution >= 0.6 is 11.6 Å². The highest BCUT2D eigenvalue weighted by Gasteiger charge is 2.16. The summed E-state index contributed by atoms with van der Waals surface area (Å²) >= 11 is 6.19. The number of benzene rings is 1. The molecule has 18 heavy (non-hydrogen) atoms. The van der Waals surface area contributed by atoms with E-state index in [1.807, 2.05) is 0 Å². The molecule has 1 atom stereocenters. The van der Waals surface area contributed by atoms with Gasteiger partial charge in [-0.2, -0.15) is 0 Å². The van der Waals surface area contributed by atoms with E-state index < -0.39 is 0 Å². The third-order valence-corrected chi connectivity index (χ3v) is 3.74. The van der Waals surface area contributed by atoms with Gasteiger partial charge in [0.05, 0.1) is 0 Å². The molecule has 4 heteroatoms. The molecule has 0 spiro atoms. The zero-order chi connectivity index (χ0) is 13.1. The van der Waals surface area contributed by atoms with Crippen molar-refractivity contribution in [3.05, 3.63) is 34.1 Å². The Morgan fingerprint density at radius 3 is 3.06 bits per heavy atom. The van der Waals surface area contributed by atoms with Crippen LogP contribution in [0.2, 0.25) is 5.02 Å². The molecular formula is C14H20ClFN2. The van der Waals surface area contributed by atoms with Crippen LogP contribution in [0.3, 0.4) is 0 Å². The Labute approximate surface area is 113 Å². The number of rotatable bonds is 2. The molecule has 1 fully saturated rings. The lowest BCUT2D eigenvalue weighted by atomic mass is 10.1. The fourth-order valence-corrected chi connectivity index (χ4v) is 2.65. The van der Waals surface area contributed by atoms with Crippen LogP contribution in [0.15, 0.2) is 12.1 Å². The van der Waals surface area contributed by atoms with Crippen molar-refractivity contribution in [2.45, 2.75) is 20.4 Å². The second-order valence-electron chi connectivity index (χ2n) is 5.24. The minimum absolute atomic E-state index is 0.171. The van der Waals surface area contributed by atoms with Crippen LogP contribution in [-0.4, -0.2) is 31.1 Å². The molecule has 1 aliphatic rings. The topological polar surface area (TPSA) is 15.3 Å². The summed E-state index contributed by atoms with van der Waals surface area (Å²) in [7, 11) is 0. The number of nitrogens with zero attached hydrogens (tertiary/aromatic N) is 1.